The first-order valence-corrected chi connectivity index (χ1v) is 6.93. The third-order valence-electron chi connectivity index (χ3n) is 1.90. The van der Waals surface area contributed by atoms with Crippen LogP contribution >= 0.6 is 27.7 Å². The van der Waals surface area contributed by atoms with E-state index in [1.807, 2.05) is 0 Å². The molecule has 0 aliphatic rings. The van der Waals surface area contributed by atoms with Crippen LogP contribution in [-0.2, 0) is 9.53 Å². The lowest BCUT2D eigenvalue weighted by Crippen LogP contribution is -2.06. The number of hydrogen-bond donors (Lipinski definition) is 1. The molecule has 0 radical (unpaired) electrons. The zero-order valence-corrected chi connectivity index (χ0v) is 11.9. The van der Waals surface area contributed by atoms with Crippen molar-refractivity contribution in [3.05, 3.63) is 16.8 Å². The van der Waals surface area contributed by atoms with Crippen LogP contribution in [0.5, 0.6) is 0 Å². The largest absolute Gasteiger partial charge is 0.465 e. The van der Waals surface area contributed by atoms with Crippen molar-refractivity contribution in [2.24, 2.45) is 0 Å². The molecule has 2 rings (SSSR count). The van der Waals surface area contributed by atoms with Gasteiger partial charge in [0.2, 0.25) is 5.16 Å². The van der Waals surface area contributed by atoms with Crippen molar-refractivity contribution < 1.29 is 13.9 Å². The van der Waals surface area contributed by atoms with E-state index in [1.54, 1.807) is 19.1 Å². The van der Waals surface area contributed by atoms with Crippen molar-refractivity contribution >= 4 is 33.7 Å². The lowest BCUT2D eigenvalue weighted by molar-refractivity contribution is -0.139. The standard InChI is InChI=1S/C10H10BrN3O3S/c1-2-16-8(15)5-18-10-12-9(13-14-10)6-3-4-7(11)17-6/h3-4H,2,5H2,1H3,(H,12,13,14). The van der Waals surface area contributed by atoms with Crippen LogP contribution in [0.4, 0.5) is 0 Å². The third kappa shape index (κ3) is 3.36. The van der Waals surface area contributed by atoms with Gasteiger partial charge in [-0.3, -0.25) is 9.89 Å². The number of furan rings is 1. The molecule has 0 unspecified atom stereocenters. The van der Waals surface area contributed by atoms with Gasteiger partial charge in [0.15, 0.2) is 16.3 Å². The smallest absolute Gasteiger partial charge is 0.316 e. The SMILES string of the molecule is CCOC(=O)CSc1n[nH]c(-c2ccc(Br)o2)n1. The summed E-state index contributed by atoms with van der Waals surface area (Å²) in [6.07, 6.45) is 0. The third-order valence-corrected chi connectivity index (χ3v) is 3.14. The van der Waals surface area contributed by atoms with Gasteiger partial charge in [0, 0.05) is 0 Å². The molecule has 0 bridgehead atoms. The summed E-state index contributed by atoms with van der Waals surface area (Å²) in [5, 5.41) is 7.20. The molecule has 2 aromatic heterocycles. The van der Waals surface area contributed by atoms with Crippen LogP contribution in [0.3, 0.4) is 0 Å². The highest BCUT2D eigenvalue weighted by Crippen LogP contribution is 2.23. The first-order chi connectivity index (χ1) is 8.69. The molecule has 0 spiro atoms. The Bertz CT molecular complexity index is 540. The quantitative estimate of drug-likeness (QED) is 0.669. The Balaban J connectivity index is 1.96. The van der Waals surface area contributed by atoms with E-state index >= 15 is 0 Å². The minimum Gasteiger partial charge on any atom is -0.465 e. The number of H-pyrrole nitrogens is 1. The van der Waals surface area contributed by atoms with Gasteiger partial charge in [0.1, 0.15) is 0 Å². The Morgan fingerprint density at radius 1 is 1.61 bits per heavy atom. The van der Waals surface area contributed by atoms with Crippen LogP contribution < -0.4 is 0 Å². The summed E-state index contributed by atoms with van der Waals surface area (Å²) in [6, 6.07) is 3.54. The summed E-state index contributed by atoms with van der Waals surface area (Å²) in [4.78, 5) is 15.4. The molecule has 0 amide bonds. The second-order valence-electron chi connectivity index (χ2n) is 3.16. The van der Waals surface area contributed by atoms with Crippen LogP contribution in [0.25, 0.3) is 11.6 Å². The Morgan fingerprint density at radius 3 is 3.11 bits per heavy atom. The molecule has 0 aliphatic carbocycles. The van der Waals surface area contributed by atoms with Gasteiger partial charge in [0.25, 0.3) is 0 Å². The summed E-state index contributed by atoms with van der Waals surface area (Å²) in [6.45, 7) is 2.14. The average molecular weight is 332 g/mol. The molecule has 0 atom stereocenters. The number of carbonyl (C=O) groups excluding carboxylic acids is 1. The lowest BCUT2D eigenvalue weighted by Gasteiger charge is -1.97. The first kappa shape index (κ1) is 13.2. The molecule has 8 heteroatoms. The highest BCUT2D eigenvalue weighted by molar-refractivity contribution is 9.10. The predicted octanol–water partition coefficient (Wildman–Crippen LogP) is 2.48. The molecule has 96 valence electrons. The summed E-state index contributed by atoms with van der Waals surface area (Å²) < 4.78 is 10.8. The van der Waals surface area contributed by atoms with Crippen molar-refractivity contribution in [1.82, 2.24) is 15.2 Å². The van der Waals surface area contributed by atoms with E-state index in [2.05, 4.69) is 31.1 Å². The van der Waals surface area contributed by atoms with Crippen LogP contribution in [0.15, 0.2) is 26.4 Å². The van der Waals surface area contributed by atoms with E-state index in [9.17, 15) is 4.79 Å². The molecule has 0 aliphatic heterocycles. The fourth-order valence-corrected chi connectivity index (χ4v) is 2.09. The minimum atomic E-state index is -0.283. The molecule has 0 fully saturated rings. The van der Waals surface area contributed by atoms with E-state index in [-0.39, 0.29) is 11.7 Å². The zero-order valence-electron chi connectivity index (χ0n) is 9.47. The molecule has 0 saturated carbocycles. The van der Waals surface area contributed by atoms with E-state index in [4.69, 9.17) is 9.15 Å². The Hall–Kier alpha value is -1.28. The average Bonchev–Trinajstić information content (AvgIpc) is 2.95. The van der Waals surface area contributed by atoms with Gasteiger partial charge in [-0.25, -0.2) is 0 Å². The molecule has 0 aromatic carbocycles. The molecular formula is C10H10BrN3O3S. The summed E-state index contributed by atoms with van der Waals surface area (Å²) >= 11 is 4.42. The first-order valence-electron chi connectivity index (χ1n) is 5.15. The van der Waals surface area contributed by atoms with Gasteiger partial charge in [0.05, 0.1) is 12.4 Å². The predicted molar refractivity (Wildman–Crippen MR) is 69.1 cm³/mol. The van der Waals surface area contributed by atoms with Crippen LogP contribution in [0.1, 0.15) is 6.92 Å². The monoisotopic (exact) mass is 331 g/mol. The number of thioether (sulfide) groups is 1. The number of nitrogens with one attached hydrogen (secondary N) is 1. The number of ether oxygens (including phenoxy) is 1. The maximum absolute atomic E-state index is 11.2. The topological polar surface area (TPSA) is 81.0 Å². The number of rotatable bonds is 5. The van der Waals surface area contributed by atoms with Crippen LogP contribution in [0.2, 0.25) is 0 Å². The van der Waals surface area contributed by atoms with E-state index < -0.39 is 0 Å². The number of halogens is 1. The van der Waals surface area contributed by atoms with E-state index in [1.165, 1.54) is 11.8 Å². The Labute approximate surface area is 116 Å². The van der Waals surface area contributed by atoms with E-state index in [0.717, 1.165) is 0 Å². The zero-order chi connectivity index (χ0) is 13.0. The van der Waals surface area contributed by atoms with Gasteiger partial charge in [-0.2, -0.15) is 4.98 Å². The lowest BCUT2D eigenvalue weighted by atomic mass is 10.4. The van der Waals surface area contributed by atoms with Gasteiger partial charge in [-0.15, -0.1) is 5.10 Å². The molecule has 6 nitrogen and oxygen atoms in total. The number of hydrogen-bond acceptors (Lipinski definition) is 6. The van der Waals surface area contributed by atoms with Crippen molar-refractivity contribution in [3.63, 3.8) is 0 Å². The van der Waals surface area contributed by atoms with Crippen molar-refractivity contribution in [1.29, 1.82) is 0 Å². The fourth-order valence-electron chi connectivity index (χ4n) is 1.19. The van der Waals surface area contributed by atoms with Crippen molar-refractivity contribution in [2.45, 2.75) is 12.1 Å². The number of carbonyl (C=O) groups is 1. The molecule has 1 N–H and O–H groups in total. The molecule has 2 aromatic rings. The van der Waals surface area contributed by atoms with E-state index in [0.29, 0.717) is 28.0 Å². The minimum absolute atomic E-state index is 0.187. The normalized spacial score (nSPS) is 10.6. The van der Waals surface area contributed by atoms with Crippen LogP contribution in [0, 0.1) is 0 Å². The number of esters is 1. The van der Waals surface area contributed by atoms with Crippen molar-refractivity contribution in [3.8, 4) is 11.6 Å². The van der Waals surface area contributed by atoms with Crippen LogP contribution in [-0.4, -0.2) is 33.5 Å². The summed E-state index contributed by atoms with van der Waals surface area (Å²) in [5.41, 5.74) is 0. The van der Waals surface area contributed by atoms with Gasteiger partial charge in [-0.05, 0) is 35.0 Å². The van der Waals surface area contributed by atoms with Gasteiger partial charge in [-0.1, -0.05) is 11.8 Å². The Morgan fingerprint density at radius 2 is 2.44 bits per heavy atom. The molecule has 2 heterocycles. The number of nitrogens with zero attached hydrogens (tertiary/aromatic N) is 2. The summed E-state index contributed by atoms with van der Waals surface area (Å²) in [5.74, 6) is 1.01. The fraction of sp³-hybridized carbons (Fsp3) is 0.300. The summed E-state index contributed by atoms with van der Waals surface area (Å²) in [7, 11) is 0. The maximum atomic E-state index is 11.2. The second kappa shape index (κ2) is 6.05. The molecule has 18 heavy (non-hydrogen) atoms. The molecular weight excluding hydrogens is 322 g/mol. The van der Waals surface area contributed by atoms with Gasteiger partial charge < -0.3 is 9.15 Å². The Kier molecular flexibility index (Phi) is 4.43. The number of aromatic amines is 1. The van der Waals surface area contributed by atoms with Crippen molar-refractivity contribution in [2.75, 3.05) is 12.4 Å². The second-order valence-corrected chi connectivity index (χ2v) is 4.89. The molecule has 0 saturated heterocycles. The highest BCUT2D eigenvalue weighted by Gasteiger charge is 2.11. The maximum Gasteiger partial charge on any atom is 0.316 e. The number of aromatic nitrogens is 3. The highest BCUT2D eigenvalue weighted by atomic mass is 79.9. The van der Waals surface area contributed by atoms with Gasteiger partial charge >= 0.3 is 5.97 Å².